The summed E-state index contributed by atoms with van der Waals surface area (Å²) in [4.78, 5) is 29.0. The van der Waals surface area contributed by atoms with E-state index in [0.717, 1.165) is 27.7 Å². The smallest absolute Gasteiger partial charge is 0.243 e. The normalized spacial score (nSPS) is 10.7. The van der Waals surface area contributed by atoms with E-state index in [1.54, 1.807) is 6.20 Å². The quantitative estimate of drug-likeness (QED) is 0.522. The summed E-state index contributed by atoms with van der Waals surface area (Å²) in [6.45, 7) is -0.0871. The first kappa shape index (κ1) is 19.4. The van der Waals surface area contributed by atoms with E-state index >= 15 is 0 Å². The average Bonchev–Trinajstić information content (AvgIpc) is 3.19. The molecule has 0 fully saturated rings. The van der Waals surface area contributed by atoms with Crippen LogP contribution in [0.5, 0.6) is 0 Å². The molecule has 0 unspecified atom stereocenters. The highest BCUT2D eigenvalue weighted by molar-refractivity contribution is 5.96. The van der Waals surface area contributed by atoms with Crippen molar-refractivity contribution in [3.05, 3.63) is 84.7 Å². The average molecular weight is 398 g/mol. The molecule has 4 rings (SSSR count). The van der Waals surface area contributed by atoms with Gasteiger partial charge in [-0.2, -0.15) is 0 Å². The summed E-state index contributed by atoms with van der Waals surface area (Å²) in [5.74, 6) is 0.344. The van der Waals surface area contributed by atoms with Crippen LogP contribution in [0.3, 0.4) is 0 Å². The van der Waals surface area contributed by atoms with E-state index < -0.39 is 0 Å². The molecule has 6 heteroatoms. The standard InChI is InChI=1S/C24H22N4O2/c1-28-13-12-25-24(28)19-9-5-10-20(14-19)27-23(30)16-26-22(29)15-18-8-4-7-17-6-2-3-11-21(17)18/h2-14H,15-16H2,1H3,(H,26,29)(H,27,30). The molecule has 150 valence electrons. The van der Waals surface area contributed by atoms with Gasteiger partial charge in [-0.3, -0.25) is 9.59 Å². The number of aromatic nitrogens is 2. The molecule has 0 spiro atoms. The fourth-order valence-corrected chi connectivity index (χ4v) is 3.45. The highest BCUT2D eigenvalue weighted by atomic mass is 16.2. The number of nitrogens with one attached hydrogen (secondary N) is 2. The van der Waals surface area contributed by atoms with Crippen molar-refractivity contribution in [2.24, 2.45) is 7.05 Å². The Morgan fingerprint density at radius 3 is 2.60 bits per heavy atom. The molecule has 1 aromatic heterocycles. The molecule has 30 heavy (non-hydrogen) atoms. The van der Waals surface area contributed by atoms with Crippen LogP contribution < -0.4 is 10.6 Å². The lowest BCUT2D eigenvalue weighted by atomic mass is 10.0. The van der Waals surface area contributed by atoms with Crippen molar-refractivity contribution >= 4 is 28.3 Å². The SMILES string of the molecule is Cn1ccnc1-c1cccc(NC(=O)CNC(=O)Cc2cccc3ccccc23)c1. The lowest BCUT2D eigenvalue weighted by Gasteiger charge is -2.10. The third-order valence-electron chi connectivity index (χ3n) is 4.90. The Hall–Kier alpha value is -3.93. The van der Waals surface area contributed by atoms with Gasteiger partial charge in [0, 0.05) is 30.7 Å². The summed E-state index contributed by atoms with van der Waals surface area (Å²) < 4.78 is 1.91. The van der Waals surface area contributed by atoms with Crippen LogP contribution in [0.1, 0.15) is 5.56 Å². The van der Waals surface area contributed by atoms with Gasteiger partial charge in [-0.1, -0.05) is 54.6 Å². The van der Waals surface area contributed by atoms with Gasteiger partial charge in [0.05, 0.1) is 13.0 Å². The molecule has 0 aliphatic carbocycles. The molecule has 0 saturated heterocycles. The van der Waals surface area contributed by atoms with Crippen LogP contribution in [0.25, 0.3) is 22.2 Å². The van der Waals surface area contributed by atoms with Crippen molar-refractivity contribution < 1.29 is 9.59 Å². The van der Waals surface area contributed by atoms with Gasteiger partial charge in [-0.25, -0.2) is 4.98 Å². The number of anilines is 1. The zero-order valence-corrected chi connectivity index (χ0v) is 16.6. The Bertz CT molecular complexity index is 1210. The van der Waals surface area contributed by atoms with Crippen molar-refractivity contribution in [3.8, 4) is 11.4 Å². The second kappa shape index (κ2) is 8.61. The van der Waals surface area contributed by atoms with E-state index in [1.165, 1.54) is 0 Å². The molecule has 1 heterocycles. The molecule has 0 atom stereocenters. The van der Waals surface area contributed by atoms with Gasteiger partial charge in [-0.05, 0) is 28.5 Å². The largest absolute Gasteiger partial charge is 0.347 e. The van der Waals surface area contributed by atoms with Gasteiger partial charge >= 0.3 is 0 Å². The second-order valence-corrected chi connectivity index (χ2v) is 7.08. The summed E-state index contributed by atoms with van der Waals surface area (Å²) in [5, 5.41) is 7.66. The minimum atomic E-state index is -0.279. The summed E-state index contributed by atoms with van der Waals surface area (Å²) >= 11 is 0. The molecule has 0 aliphatic rings. The molecule has 0 saturated carbocycles. The van der Waals surface area contributed by atoms with Crippen molar-refractivity contribution in [2.45, 2.75) is 6.42 Å². The van der Waals surface area contributed by atoms with Crippen LogP contribution in [-0.4, -0.2) is 27.9 Å². The fourth-order valence-electron chi connectivity index (χ4n) is 3.45. The van der Waals surface area contributed by atoms with E-state index in [2.05, 4.69) is 15.6 Å². The summed E-state index contributed by atoms with van der Waals surface area (Å²) in [7, 11) is 1.92. The first-order valence-corrected chi connectivity index (χ1v) is 9.71. The predicted molar refractivity (Wildman–Crippen MR) is 118 cm³/mol. The molecule has 0 aliphatic heterocycles. The molecule has 0 radical (unpaired) electrons. The Kier molecular flexibility index (Phi) is 5.57. The summed E-state index contributed by atoms with van der Waals surface area (Å²) in [5.41, 5.74) is 2.50. The van der Waals surface area contributed by atoms with Crippen molar-refractivity contribution in [3.63, 3.8) is 0 Å². The van der Waals surface area contributed by atoms with Crippen LogP contribution in [0.15, 0.2) is 79.1 Å². The Morgan fingerprint density at radius 2 is 1.77 bits per heavy atom. The number of rotatable bonds is 6. The monoisotopic (exact) mass is 398 g/mol. The highest BCUT2D eigenvalue weighted by Gasteiger charge is 2.10. The highest BCUT2D eigenvalue weighted by Crippen LogP contribution is 2.21. The molecule has 0 bridgehead atoms. The number of nitrogens with zero attached hydrogens (tertiary/aromatic N) is 2. The van der Waals surface area contributed by atoms with E-state index in [-0.39, 0.29) is 24.8 Å². The molecular formula is C24H22N4O2. The minimum absolute atomic E-state index is 0.0871. The van der Waals surface area contributed by atoms with E-state index in [9.17, 15) is 9.59 Å². The number of amides is 2. The minimum Gasteiger partial charge on any atom is -0.347 e. The van der Waals surface area contributed by atoms with Gasteiger partial charge in [0.1, 0.15) is 5.82 Å². The van der Waals surface area contributed by atoms with Crippen LogP contribution in [0.4, 0.5) is 5.69 Å². The maximum atomic E-state index is 12.4. The van der Waals surface area contributed by atoms with E-state index in [1.807, 2.05) is 84.5 Å². The van der Waals surface area contributed by atoms with E-state index in [0.29, 0.717) is 5.69 Å². The van der Waals surface area contributed by atoms with Crippen molar-refractivity contribution in [1.29, 1.82) is 0 Å². The number of benzene rings is 3. The lowest BCUT2D eigenvalue weighted by Crippen LogP contribution is -2.33. The Morgan fingerprint density at radius 1 is 0.967 bits per heavy atom. The first-order valence-electron chi connectivity index (χ1n) is 9.71. The topological polar surface area (TPSA) is 76.0 Å². The number of hydrogen-bond acceptors (Lipinski definition) is 3. The molecule has 3 aromatic carbocycles. The van der Waals surface area contributed by atoms with Gasteiger partial charge in [0.15, 0.2) is 0 Å². The van der Waals surface area contributed by atoms with Gasteiger partial charge in [0.25, 0.3) is 0 Å². The number of carbonyl (C=O) groups is 2. The molecular weight excluding hydrogens is 376 g/mol. The molecule has 2 amide bonds. The molecule has 4 aromatic rings. The maximum Gasteiger partial charge on any atom is 0.243 e. The fraction of sp³-hybridized carbons (Fsp3) is 0.125. The van der Waals surface area contributed by atoms with Gasteiger partial charge < -0.3 is 15.2 Å². The number of hydrogen-bond donors (Lipinski definition) is 2. The van der Waals surface area contributed by atoms with Gasteiger partial charge in [-0.15, -0.1) is 0 Å². The first-order chi connectivity index (χ1) is 14.6. The predicted octanol–water partition coefficient (Wildman–Crippen LogP) is 3.54. The lowest BCUT2D eigenvalue weighted by molar-refractivity contribution is -0.123. The number of imidazole rings is 1. The third-order valence-corrected chi connectivity index (χ3v) is 4.90. The number of carbonyl (C=O) groups excluding carboxylic acids is 2. The second-order valence-electron chi connectivity index (χ2n) is 7.08. The Balaban J connectivity index is 1.35. The zero-order valence-electron chi connectivity index (χ0n) is 16.6. The molecule has 6 nitrogen and oxygen atoms in total. The summed E-state index contributed by atoms with van der Waals surface area (Å²) in [6, 6.07) is 21.3. The van der Waals surface area contributed by atoms with Crippen LogP contribution in [-0.2, 0) is 23.1 Å². The van der Waals surface area contributed by atoms with Crippen LogP contribution in [0, 0.1) is 0 Å². The third kappa shape index (κ3) is 4.38. The zero-order chi connectivity index (χ0) is 20.9. The summed E-state index contributed by atoms with van der Waals surface area (Å²) in [6.07, 6.45) is 3.82. The Labute approximate surface area is 174 Å². The van der Waals surface area contributed by atoms with Crippen LogP contribution in [0.2, 0.25) is 0 Å². The van der Waals surface area contributed by atoms with Crippen molar-refractivity contribution in [2.75, 3.05) is 11.9 Å². The molecule has 2 N–H and O–H groups in total. The maximum absolute atomic E-state index is 12.4. The van der Waals surface area contributed by atoms with E-state index in [4.69, 9.17) is 0 Å². The van der Waals surface area contributed by atoms with Gasteiger partial charge in [0.2, 0.25) is 11.8 Å². The van der Waals surface area contributed by atoms with Crippen LogP contribution >= 0.6 is 0 Å². The number of aryl methyl sites for hydroxylation is 1. The van der Waals surface area contributed by atoms with Crippen molar-refractivity contribution in [1.82, 2.24) is 14.9 Å². The number of fused-ring (bicyclic) bond motifs is 1.